The summed E-state index contributed by atoms with van der Waals surface area (Å²) < 4.78 is 3.24. The third-order valence-electron chi connectivity index (χ3n) is 3.59. The van der Waals surface area contributed by atoms with Gasteiger partial charge in [0.15, 0.2) is 0 Å². The first-order valence-electron chi connectivity index (χ1n) is 6.02. The molecular formula is C12H20BrN3. The number of rotatable bonds is 4. The average Bonchev–Trinajstić information content (AvgIpc) is 2.50. The van der Waals surface area contributed by atoms with Crippen LogP contribution in [0.1, 0.15) is 44.5 Å². The molecule has 1 aromatic heterocycles. The van der Waals surface area contributed by atoms with Crippen molar-refractivity contribution >= 4 is 15.9 Å². The molecule has 1 saturated carbocycles. The lowest BCUT2D eigenvalue weighted by Gasteiger charge is -2.39. The standard InChI is InChI=1S/C12H20BrN3/c1-4-16-10(11(13)9(2)15-16)8-14-12(3)6-5-7-12/h14H,4-8H2,1-3H3. The van der Waals surface area contributed by atoms with E-state index in [0.717, 1.165) is 23.3 Å². The monoisotopic (exact) mass is 285 g/mol. The third-order valence-corrected chi connectivity index (χ3v) is 4.62. The van der Waals surface area contributed by atoms with E-state index in [0.29, 0.717) is 5.54 Å². The Morgan fingerprint density at radius 3 is 2.69 bits per heavy atom. The van der Waals surface area contributed by atoms with Crippen molar-refractivity contribution < 1.29 is 0 Å². The molecule has 0 aliphatic heterocycles. The molecule has 3 nitrogen and oxygen atoms in total. The fraction of sp³-hybridized carbons (Fsp3) is 0.750. The summed E-state index contributed by atoms with van der Waals surface area (Å²) in [6, 6.07) is 0. The minimum absolute atomic E-state index is 0.357. The summed E-state index contributed by atoms with van der Waals surface area (Å²) in [7, 11) is 0. The molecule has 1 N–H and O–H groups in total. The van der Waals surface area contributed by atoms with Crippen LogP contribution in [-0.2, 0) is 13.1 Å². The van der Waals surface area contributed by atoms with Gasteiger partial charge in [-0.2, -0.15) is 5.10 Å². The predicted molar refractivity (Wildman–Crippen MR) is 69.4 cm³/mol. The van der Waals surface area contributed by atoms with Gasteiger partial charge in [-0.25, -0.2) is 0 Å². The Hall–Kier alpha value is -0.350. The van der Waals surface area contributed by atoms with Crippen molar-refractivity contribution in [1.29, 1.82) is 0 Å². The fourth-order valence-corrected chi connectivity index (χ4v) is 2.64. The number of halogens is 1. The topological polar surface area (TPSA) is 29.9 Å². The lowest BCUT2D eigenvalue weighted by atomic mass is 9.78. The lowest BCUT2D eigenvalue weighted by Crippen LogP contribution is -2.47. The van der Waals surface area contributed by atoms with Crippen LogP contribution in [0.2, 0.25) is 0 Å². The van der Waals surface area contributed by atoms with Crippen LogP contribution < -0.4 is 5.32 Å². The van der Waals surface area contributed by atoms with Gasteiger partial charge in [0.25, 0.3) is 0 Å². The number of nitrogens with zero attached hydrogens (tertiary/aromatic N) is 2. The molecule has 0 amide bonds. The molecule has 1 heterocycles. The minimum atomic E-state index is 0.357. The van der Waals surface area contributed by atoms with Gasteiger partial charge in [0.2, 0.25) is 0 Å². The summed E-state index contributed by atoms with van der Waals surface area (Å²) in [5, 5.41) is 8.15. The summed E-state index contributed by atoms with van der Waals surface area (Å²) in [6.45, 7) is 8.33. The molecule has 16 heavy (non-hydrogen) atoms. The summed E-state index contributed by atoms with van der Waals surface area (Å²) in [5.74, 6) is 0. The summed E-state index contributed by atoms with van der Waals surface area (Å²) in [5.41, 5.74) is 2.71. The zero-order chi connectivity index (χ0) is 11.8. The van der Waals surface area contributed by atoms with Gasteiger partial charge in [-0.1, -0.05) is 0 Å². The Morgan fingerprint density at radius 2 is 2.19 bits per heavy atom. The van der Waals surface area contributed by atoms with Gasteiger partial charge in [-0.05, 0) is 56.0 Å². The predicted octanol–water partition coefficient (Wildman–Crippen LogP) is 3.01. The maximum atomic E-state index is 4.50. The molecule has 0 saturated heterocycles. The van der Waals surface area contributed by atoms with Gasteiger partial charge in [-0.3, -0.25) is 4.68 Å². The molecule has 0 bridgehead atoms. The highest BCUT2D eigenvalue weighted by atomic mass is 79.9. The van der Waals surface area contributed by atoms with E-state index in [1.165, 1.54) is 25.0 Å². The highest BCUT2D eigenvalue weighted by Crippen LogP contribution is 2.32. The fourth-order valence-electron chi connectivity index (χ4n) is 2.22. The van der Waals surface area contributed by atoms with Crippen molar-refractivity contribution in [3.63, 3.8) is 0 Å². The van der Waals surface area contributed by atoms with Crippen LogP contribution in [0, 0.1) is 6.92 Å². The Bertz CT molecular complexity index is 380. The highest BCUT2D eigenvalue weighted by molar-refractivity contribution is 9.10. The Balaban J connectivity index is 2.08. The molecule has 1 aromatic rings. The first-order chi connectivity index (χ1) is 7.56. The van der Waals surface area contributed by atoms with Crippen molar-refractivity contribution in [3.05, 3.63) is 15.9 Å². The van der Waals surface area contributed by atoms with Crippen molar-refractivity contribution in [2.75, 3.05) is 0 Å². The smallest absolute Gasteiger partial charge is 0.0739 e. The second-order valence-electron chi connectivity index (χ2n) is 4.93. The maximum Gasteiger partial charge on any atom is 0.0739 e. The average molecular weight is 286 g/mol. The van der Waals surface area contributed by atoms with Crippen molar-refractivity contribution in [3.8, 4) is 0 Å². The maximum absolute atomic E-state index is 4.50. The largest absolute Gasteiger partial charge is 0.306 e. The highest BCUT2D eigenvalue weighted by Gasteiger charge is 2.31. The summed E-state index contributed by atoms with van der Waals surface area (Å²) in [6.07, 6.45) is 3.95. The van der Waals surface area contributed by atoms with Gasteiger partial charge in [0.05, 0.1) is 15.9 Å². The number of hydrogen-bond acceptors (Lipinski definition) is 2. The normalized spacial score (nSPS) is 18.5. The van der Waals surface area contributed by atoms with Gasteiger partial charge >= 0.3 is 0 Å². The number of aryl methyl sites for hydroxylation is 2. The van der Waals surface area contributed by atoms with Gasteiger partial charge in [-0.15, -0.1) is 0 Å². The van der Waals surface area contributed by atoms with Gasteiger partial charge in [0.1, 0.15) is 0 Å². The van der Waals surface area contributed by atoms with Gasteiger partial charge < -0.3 is 5.32 Å². The van der Waals surface area contributed by atoms with E-state index in [9.17, 15) is 0 Å². The number of aromatic nitrogens is 2. The van der Waals surface area contributed by atoms with Crippen molar-refractivity contribution in [2.45, 2.75) is 58.7 Å². The second-order valence-corrected chi connectivity index (χ2v) is 5.72. The second kappa shape index (κ2) is 4.49. The Labute approximate surface area is 106 Å². The molecule has 0 atom stereocenters. The number of hydrogen-bond donors (Lipinski definition) is 1. The SMILES string of the molecule is CCn1nc(C)c(Br)c1CNC1(C)CCC1. The molecule has 1 fully saturated rings. The van der Waals surface area contributed by atoms with Crippen LogP contribution >= 0.6 is 15.9 Å². The van der Waals surface area contributed by atoms with Crippen molar-refractivity contribution in [1.82, 2.24) is 15.1 Å². The lowest BCUT2D eigenvalue weighted by molar-refractivity contribution is 0.204. The first kappa shape index (κ1) is 12.1. The van der Waals surface area contributed by atoms with E-state index < -0.39 is 0 Å². The summed E-state index contributed by atoms with van der Waals surface area (Å²) >= 11 is 3.63. The quantitative estimate of drug-likeness (QED) is 0.922. The molecule has 4 heteroatoms. The molecule has 2 rings (SSSR count). The number of nitrogens with one attached hydrogen (secondary N) is 1. The van der Waals surface area contributed by atoms with Crippen molar-refractivity contribution in [2.24, 2.45) is 0 Å². The van der Waals surface area contributed by atoms with Crippen LogP contribution in [0.5, 0.6) is 0 Å². The molecule has 0 radical (unpaired) electrons. The molecule has 0 spiro atoms. The van der Waals surface area contributed by atoms with Crippen LogP contribution in [0.15, 0.2) is 4.47 Å². The Morgan fingerprint density at radius 1 is 1.50 bits per heavy atom. The molecule has 1 aliphatic rings. The van der Waals surface area contributed by atoms with E-state index in [2.05, 4.69) is 44.9 Å². The van der Waals surface area contributed by atoms with E-state index in [4.69, 9.17) is 0 Å². The molecule has 1 aliphatic carbocycles. The van der Waals surface area contributed by atoms with E-state index >= 15 is 0 Å². The zero-order valence-corrected chi connectivity index (χ0v) is 11.9. The van der Waals surface area contributed by atoms with Crippen LogP contribution in [-0.4, -0.2) is 15.3 Å². The van der Waals surface area contributed by atoms with Gasteiger partial charge in [0, 0.05) is 18.6 Å². The first-order valence-corrected chi connectivity index (χ1v) is 6.82. The van der Waals surface area contributed by atoms with Crippen LogP contribution in [0.4, 0.5) is 0 Å². The van der Waals surface area contributed by atoms with Crippen LogP contribution in [0.25, 0.3) is 0 Å². The minimum Gasteiger partial charge on any atom is -0.306 e. The molecule has 0 unspecified atom stereocenters. The molecular weight excluding hydrogens is 266 g/mol. The molecule has 0 aromatic carbocycles. The van der Waals surface area contributed by atoms with E-state index in [1.807, 2.05) is 6.92 Å². The summed E-state index contributed by atoms with van der Waals surface area (Å²) in [4.78, 5) is 0. The zero-order valence-electron chi connectivity index (χ0n) is 10.3. The van der Waals surface area contributed by atoms with E-state index in [1.54, 1.807) is 0 Å². The Kier molecular flexibility index (Phi) is 3.40. The van der Waals surface area contributed by atoms with E-state index in [-0.39, 0.29) is 0 Å². The third kappa shape index (κ3) is 2.18. The molecule has 90 valence electrons. The van der Waals surface area contributed by atoms with Crippen LogP contribution in [0.3, 0.4) is 0 Å².